The van der Waals surface area contributed by atoms with Gasteiger partial charge in [-0.2, -0.15) is 0 Å². The number of hydrogen-bond acceptors (Lipinski definition) is 2. The van der Waals surface area contributed by atoms with Crippen LogP contribution in [-0.4, -0.2) is 18.1 Å². The number of nitrogens with zero attached hydrogens (tertiary/aromatic N) is 1. The van der Waals surface area contributed by atoms with Gasteiger partial charge in [-0.25, -0.2) is 0 Å². The van der Waals surface area contributed by atoms with Crippen molar-refractivity contribution < 1.29 is 9.90 Å². The average molecular weight is 306 g/mol. The average Bonchev–Trinajstić information content (AvgIpc) is 2.38. The quantitative estimate of drug-likeness (QED) is 0.923. The number of carbonyl (C=O) groups is 1. The maximum absolute atomic E-state index is 12.3. The number of halogens is 1. The lowest BCUT2D eigenvalue weighted by atomic mass is 10.2. The third-order valence-corrected chi connectivity index (χ3v) is 3.34. The summed E-state index contributed by atoms with van der Waals surface area (Å²) in [5.41, 5.74) is 1.33. The van der Waals surface area contributed by atoms with Gasteiger partial charge in [0.05, 0.1) is 5.56 Å². The van der Waals surface area contributed by atoms with Crippen molar-refractivity contribution in [1.82, 2.24) is 0 Å². The van der Waals surface area contributed by atoms with Crippen LogP contribution in [0, 0.1) is 0 Å². The fourth-order valence-electron chi connectivity index (χ4n) is 1.61. The first-order valence-corrected chi connectivity index (χ1v) is 6.20. The number of rotatable bonds is 2. The summed E-state index contributed by atoms with van der Waals surface area (Å²) < 4.78 is 0.764. The van der Waals surface area contributed by atoms with Gasteiger partial charge < -0.3 is 10.0 Å². The summed E-state index contributed by atoms with van der Waals surface area (Å²) in [4.78, 5) is 13.8. The molecule has 0 aliphatic rings. The van der Waals surface area contributed by atoms with E-state index in [9.17, 15) is 9.90 Å². The molecule has 4 heteroatoms. The first-order valence-electron chi connectivity index (χ1n) is 5.41. The first-order chi connectivity index (χ1) is 8.59. The van der Waals surface area contributed by atoms with Crippen LogP contribution in [0.3, 0.4) is 0 Å². The zero-order valence-corrected chi connectivity index (χ0v) is 11.4. The Kier molecular flexibility index (Phi) is 3.67. The van der Waals surface area contributed by atoms with E-state index in [-0.39, 0.29) is 11.7 Å². The number of amides is 1. The minimum atomic E-state index is -0.104. The van der Waals surface area contributed by atoms with Crippen molar-refractivity contribution in [3.05, 3.63) is 58.6 Å². The van der Waals surface area contributed by atoms with Gasteiger partial charge in [0.1, 0.15) is 5.75 Å². The maximum atomic E-state index is 12.3. The van der Waals surface area contributed by atoms with Gasteiger partial charge >= 0.3 is 0 Å². The number of benzene rings is 2. The lowest BCUT2D eigenvalue weighted by Gasteiger charge is -2.18. The zero-order valence-electron chi connectivity index (χ0n) is 9.80. The van der Waals surface area contributed by atoms with Crippen LogP contribution in [0.1, 0.15) is 10.4 Å². The first kappa shape index (κ1) is 12.6. The van der Waals surface area contributed by atoms with Gasteiger partial charge in [0.2, 0.25) is 0 Å². The number of carbonyl (C=O) groups excluding carboxylic acids is 1. The number of phenols is 1. The Balaban J connectivity index is 2.29. The Hall–Kier alpha value is -1.81. The van der Waals surface area contributed by atoms with Gasteiger partial charge in [0, 0.05) is 17.2 Å². The molecule has 0 fully saturated rings. The molecule has 92 valence electrons. The molecular formula is C14H12BrNO2. The van der Waals surface area contributed by atoms with Crippen molar-refractivity contribution in [2.45, 2.75) is 0 Å². The van der Waals surface area contributed by atoms with E-state index in [1.54, 1.807) is 42.3 Å². The van der Waals surface area contributed by atoms with Crippen LogP contribution in [0.25, 0.3) is 0 Å². The van der Waals surface area contributed by atoms with Crippen LogP contribution in [0.5, 0.6) is 5.75 Å². The van der Waals surface area contributed by atoms with Gasteiger partial charge in [-0.1, -0.05) is 12.1 Å². The zero-order chi connectivity index (χ0) is 13.1. The Labute approximate surface area is 114 Å². The molecule has 0 saturated heterocycles. The number of phenolic OH excluding ortho intramolecular Hbond substituents is 1. The van der Waals surface area contributed by atoms with Crippen molar-refractivity contribution >= 4 is 27.5 Å². The summed E-state index contributed by atoms with van der Waals surface area (Å²) in [6, 6.07) is 13.8. The van der Waals surface area contributed by atoms with Gasteiger partial charge in [-0.15, -0.1) is 0 Å². The number of aromatic hydroxyl groups is 1. The lowest BCUT2D eigenvalue weighted by Crippen LogP contribution is -2.26. The molecule has 0 heterocycles. The Morgan fingerprint density at radius 3 is 2.33 bits per heavy atom. The molecule has 0 aliphatic heterocycles. The summed E-state index contributed by atoms with van der Waals surface area (Å²) in [6.45, 7) is 0. The van der Waals surface area contributed by atoms with Crippen LogP contribution in [0.15, 0.2) is 53.0 Å². The number of anilines is 1. The normalized spacial score (nSPS) is 10.1. The van der Waals surface area contributed by atoms with Crippen LogP contribution >= 0.6 is 15.9 Å². The smallest absolute Gasteiger partial charge is 0.259 e. The van der Waals surface area contributed by atoms with Crippen molar-refractivity contribution in [1.29, 1.82) is 0 Å². The largest absolute Gasteiger partial charge is 0.508 e. The molecule has 1 amide bonds. The molecule has 0 unspecified atom stereocenters. The van der Waals surface area contributed by atoms with Crippen LogP contribution in [0.2, 0.25) is 0 Å². The third-order valence-electron chi connectivity index (χ3n) is 2.65. The van der Waals surface area contributed by atoms with Crippen LogP contribution in [-0.2, 0) is 0 Å². The molecule has 3 nitrogen and oxygen atoms in total. The topological polar surface area (TPSA) is 40.5 Å². The highest BCUT2D eigenvalue weighted by Crippen LogP contribution is 2.22. The minimum absolute atomic E-state index is 0.104. The van der Waals surface area contributed by atoms with E-state index in [0.29, 0.717) is 5.56 Å². The van der Waals surface area contributed by atoms with Crippen LogP contribution < -0.4 is 4.90 Å². The molecule has 2 rings (SSSR count). The summed E-state index contributed by atoms with van der Waals surface area (Å²) in [7, 11) is 1.70. The second kappa shape index (κ2) is 5.23. The van der Waals surface area contributed by atoms with Gasteiger partial charge in [0.25, 0.3) is 5.91 Å². The summed E-state index contributed by atoms with van der Waals surface area (Å²) in [5, 5.41) is 9.23. The van der Waals surface area contributed by atoms with Crippen molar-refractivity contribution in [2.75, 3.05) is 11.9 Å². The van der Waals surface area contributed by atoms with Gasteiger partial charge in [-0.05, 0) is 52.3 Å². The highest BCUT2D eigenvalue weighted by Gasteiger charge is 2.15. The van der Waals surface area contributed by atoms with Gasteiger partial charge in [-0.3, -0.25) is 4.79 Å². The molecule has 0 saturated carbocycles. The van der Waals surface area contributed by atoms with E-state index in [1.807, 2.05) is 18.2 Å². The maximum Gasteiger partial charge on any atom is 0.259 e. The monoisotopic (exact) mass is 305 g/mol. The van der Waals surface area contributed by atoms with Crippen LogP contribution in [0.4, 0.5) is 5.69 Å². The molecule has 0 radical (unpaired) electrons. The summed E-state index contributed by atoms with van der Waals surface area (Å²) in [5.74, 6) is 0.0775. The molecule has 0 bridgehead atoms. The summed E-state index contributed by atoms with van der Waals surface area (Å²) in [6.07, 6.45) is 0. The predicted octanol–water partition coefficient (Wildman–Crippen LogP) is 3.43. The van der Waals surface area contributed by atoms with E-state index >= 15 is 0 Å². The molecule has 18 heavy (non-hydrogen) atoms. The predicted molar refractivity (Wildman–Crippen MR) is 75.0 cm³/mol. The van der Waals surface area contributed by atoms with E-state index in [1.165, 1.54) is 0 Å². The Morgan fingerprint density at radius 2 is 1.72 bits per heavy atom. The van der Waals surface area contributed by atoms with E-state index in [2.05, 4.69) is 15.9 Å². The molecular weight excluding hydrogens is 294 g/mol. The molecule has 0 spiro atoms. The fraction of sp³-hybridized carbons (Fsp3) is 0.0714. The standard InChI is InChI=1S/C14H12BrNO2/c1-16(10-6-8-11(17)9-7-10)14(18)12-4-2-3-5-13(12)15/h2-9,17H,1H3. The van der Waals surface area contributed by atoms with E-state index in [0.717, 1.165) is 10.2 Å². The number of hydrogen-bond donors (Lipinski definition) is 1. The Bertz CT molecular complexity index is 566. The SMILES string of the molecule is CN(C(=O)c1ccccc1Br)c1ccc(O)cc1. The molecule has 2 aromatic rings. The second-order valence-electron chi connectivity index (χ2n) is 3.86. The second-order valence-corrected chi connectivity index (χ2v) is 4.71. The van der Waals surface area contributed by atoms with E-state index < -0.39 is 0 Å². The fourth-order valence-corrected chi connectivity index (χ4v) is 2.06. The van der Waals surface area contributed by atoms with Crippen molar-refractivity contribution in [2.24, 2.45) is 0 Å². The molecule has 2 aromatic carbocycles. The molecule has 0 atom stereocenters. The third kappa shape index (κ3) is 2.54. The van der Waals surface area contributed by atoms with E-state index in [4.69, 9.17) is 0 Å². The molecule has 0 aromatic heterocycles. The summed E-state index contributed by atoms with van der Waals surface area (Å²) >= 11 is 3.36. The highest BCUT2D eigenvalue weighted by atomic mass is 79.9. The minimum Gasteiger partial charge on any atom is -0.508 e. The molecule has 1 N–H and O–H groups in total. The van der Waals surface area contributed by atoms with Gasteiger partial charge in [0.15, 0.2) is 0 Å². The Morgan fingerprint density at radius 1 is 1.11 bits per heavy atom. The highest BCUT2D eigenvalue weighted by molar-refractivity contribution is 9.10. The van der Waals surface area contributed by atoms with Crippen molar-refractivity contribution in [3.8, 4) is 5.75 Å². The lowest BCUT2D eigenvalue weighted by molar-refractivity contribution is 0.0992. The molecule has 0 aliphatic carbocycles. The van der Waals surface area contributed by atoms with Crippen molar-refractivity contribution in [3.63, 3.8) is 0 Å².